The molecule has 1 aromatic rings. The number of amides is 1. The van der Waals surface area contributed by atoms with Crippen LogP contribution in [0.15, 0.2) is 0 Å². The van der Waals surface area contributed by atoms with Crippen LogP contribution >= 0.6 is 0 Å². The SMILES string of the molecule is Cc1nc(C(N)=O)nc(C2CCC(F)(F)CC2)c1C. The molecule has 0 radical (unpaired) electrons. The van der Waals surface area contributed by atoms with E-state index in [1.165, 1.54) is 0 Å². The molecule has 0 spiro atoms. The van der Waals surface area contributed by atoms with Crippen LogP contribution in [0.1, 0.15) is 59.2 Å². The first-order valence-electron chi connectivity index (χ1n) is 6.33. The van der Waals surface area contributed by atoms with Crippen molar-refractivity contribution in [2.24, 2.45) is 5.73 Å². The molecule has 104 valence electrons. The molecular formula is C13H17F2N3O. The van der Waals surface area contributed by atoms with Crippen molar-refractivity contribution < 1.29 is 13.6 Å². The van der Waals surface area contributed by atoms with E-state index in [9.17, 15) is 13.6 Å². The van der Waals surface area contributed by atoms with Gasteiger partial charge >= 0.3 is 0 Å². The van der Waals surface area contributed by atoms with Gasteiger partial charge in [0.2, 0.25) is 11.7 Å². The van der Waals surface area contributed by atoms with E-state index in [2.05, 4.69) is 9.97 Å². The second-order valence-electron chi connectivity index (χ2n) is 5.14. The number of halogens is 2. The van der Waals surface area contributed by atoms with Gasteiger partial charge in [0.05, 0.1) is 5.69 Å². The highest BCUT2D eigenvalue weighted by molar-refractivity contribution is 5.88. The molecule has 0 saturated heterocycles. The van der Waals surface area contributed by atoms with E-state index in [4.69, 9.17) is 5.73 Å². The fourth-order valence-corrected chi connectivity index (χ4v) is 2.47. The first-order chi connectivity index (χ1) is 8.80. The lowest BCUT2D eigenvalue weighted by molar-refractivity contribution is -0.0385. The summed E-state index contributed by atoms with van der Waals surface area (Å²) in [5.41, 5.74) is 7.42. The number of hydrogen-bond acceptors (Lipinski definition) is 3. The predicted molar refractivity (Wildman–Crippen MR) is 66.2 cm³/mol. The molecule has 0 atom stereocenters. The minimum atomic E-state index is -2.57. The van der Waals surface area contributed by atoms with Crippen LogP contribution < -0.4 is 5.73 Å². The number of nitrogens with zero attached hydrogens (tertiary/aromatic N) is 2. The van der Waals surface area contributed by atoms with Crippen molar-refractivity contribution in [3.8, 4) is 0 Å². The van der Waals surface area contributed by atoms with Crippen molar-refractivity contribution in [2.75, 3.05) is 0 Å². The minimum Gasteiger partial charge on any atom is -0.363 e. The van der Waals surface area contributed by atoms with Gasteiger partial charge in [-0.15, -0.1) is 0 Å². The van der Waals surface area contributed by atoms with E-state index < -0.39 is 11.8 Å². The van der Waals surface area contributed by atoms with Crippen LogP contribution in [0.3, 0.4) is 0 Å². The summed E-state index contributed by atoms with van der Waals surface area (Å²) in [6.07, 6.45) is 0.489. The van der Waals surface area contributed by atoms with E-state index in [-0.39, 0.29) is 24.6 Å². The average Bonchev–Trinajstić information content (AvgIpc) is 2.32. The molecule has 19 heavy (non-hydrogen) atoms. The number of nitrogens with two attached hydrogens (primary N) is 1. The molecule has 4 nitrogen and oxygen atoms in total. The Morgan fingerprint density at radius 1 is 1.26 bits per heavy atom. The normalized spacial score (nSPS) is 19.4. The molecule has 6 heteroatoms. The Bertz CT molecular complexity index is 507. The zero-order valence-corrected chi connectivity index (χ0v) is 11.0. The monoisotopic (exact) mass is 269 g/mol. The van der Waals surface area contributed by atoms with Crippen LogP contribution in [0.5, 0.6) is 0 Å². The van der Waals surface area contributed by atoms with Crippen LogP contribution in [0.2, 0.25) is 0 Å². The molecule has 1 aliphatic carbocycles. The van der Waals surface area contributed by atoms with Gasteiger partial charge in [-0.1, -0.05) is 0 Å². The van der Waals surface area contributed by atoms with Crippen molar-refractivity contribution in [1.82, 2.24) is 9.97 Å². The van der Waals surface area contributed by atoms with E-state index >= 15 is 0 Å². The summed E-state index contributed by atoms with van der Waals surface area (Å²) >= 11 is 0. The third-order valence-electron chi connectivity index (χ3n) is 3.75. The van der Waals surface area contributed by atoms with Crippen molar-refractivity contribution in [3.05, 3.63) is 22.8 Å². The highest BCUT2D eigenvalue weighted by Crippen LogP contribution is 2.41. The summed E-state index contributed by atoms with van der Waals surface area (Å²) in [4.78, 5) is 19.4. The molecule has 1 saturated carbocycles. The van der Waals surface area contributed by atoms with Crippen LogP contribution in [-0.4, -0.2) is 21.8 Å². The van der Waals surface area contributed by atoms with Crippen molar-refractivity contribution >= 4 is 5.91 Å². The largest absolute Gasteiger partial charge is 0.363 e. The van der Waals surface area contributed by atoms with Crippen molar-refractivity contribution in [1.29, 1.82) is 0 Å². The van der Waals surface area contributed by atoms with Crippen LogP contribution in [0, 0.1) is 13.8 Å². The molecule has 2 N–H and O–H groups in total. The van der Waals surface area contributed by atoms with E-state index in [1.807, 2.05) is 6.92 Å². The Kier molecular flexibility index (Phi) is 3.52. The van der Waals surface area contributed by atoms with Crippen molar-refractivity contribution in [3.63, 3.8) is 0 Å². The van der Waals surface area contributed by atoms with Crippen LogP contribution in [-0.2, 0) is 0 Å². The third-order valence-corrected chi connectivity index (χ3v) is 3.75. The molecule has 1 aromatic heterocycles. The third kappa shape index (κ3) is 2.88. The molecule has 0 bridgehead atoms. The standard InChI is InChI=1S/C13H17F2N3O/c1-7-8(2)17-12(11(16)19)18-10(7)9-3-5-13(14,15)6-4-9/h9H,3-6H2,1-2H3,(H2,16,19). The molecule has 0 aliphatic heterocycles. The topological polar surface area (TPSA) is 68.9 Å². The Morgan fingerprint density at radius 3 is 2.37 bits per heavy atom. The van der Waals surface area contributed by atoms with Gasteiger partial charge < -0.3 is 5.73 Å². The van der Waals surface area contributed by atoms with Gasteiger partial charge in [-0.25, -0.2) is 18.7 Å². The Balaban J connectivity index is 2.32. The fraction of sp³-hybridized carbons (Fsp3) is 0.615. The first kappa shape index (κ1) is 13.8. The maximum atomic E-state index is 13.2. The minimum absolute atomic E-state index is 0.0320. The quantitative estimate of drug-likeness (QED) is 0.896. The number of hydrogen-bond donors (Lipinski definition) is 1. The summed E-state index contributed by atoms with van der Waals surface area (Å²) in [6.45, 7) is 3.62. The highest BCUT2D eigenvalue weighted by Gasteiger charge is 2.36. The Hall–Kier alpha value is -1.59. The van der Waals surface area contributed by atoms with Gasteiger partial charge in [-0.3, -0.25) is 4.79 Å². The number of carbonyl (C=O) groups excluding carboxylic acids is 1. The molecule has 2 rings (SSSR count). The molecule has 1 amide bonds. The Morgan fingerprint density at radius 2 is 1.84 bits per heavy atom. The summed E-state index contributed by atoms with van der Waals surface area (Å²) in [5.74, 6) is -3.33. The lowest BCUT2D eigenvalue weighted by atomic mass is 9.83. The number of rotatable bonds is 2. The van der Waals surface area contributed by atoms with Crippen LogP contribution in [0.4, 0.5) is 8.78 Å². The van der Waals surface area contributed by atoms with Gasteiger partial charge in [0.1, 0.15) is 0 Å². The fourth-order valence-electron chi connectivity index (χ4n) is 2.47. The highest BCUT2D eigenvalue weighted by atomic mass is 19.3. The number of primary amides is 1. The summed E-state index contributed by atoms with van der Waals surface area (Å²) in [7, 11) is 0. The second-order valence-corrected chi connectivity index (χ2v) is 5.14. The van der Waals surface area contributed by atoms with Crippen LogP contribution in [0.25, 0.3) is 0 Å². The Labute approximate surface area is 110 Å². The maximum absolute atomic E-state index is 13.2. The van der Waals surface area contributed by atoms with Gasteiger partial charge in [-0.05, 0) is 32.3 Å². The molecule has 1 aliphatic rings. The second kappa shape index (κ2) is 4.83. The molecule has 0 unspecified atom stereocenters. The average molecular weight is 269 g/mol. The number of aromatic nitrogens is 2. The van der Waals surface area contributed by atoms with Gasteiger partial charge in [0.25, 0.3) is 5.91 Å². The predicted octanol–water partition coefficient (Wildman–Crippen LogP) is 2.49. The zero-order chi connectivity index (χ0) is 14.2. The maximum Gasteiger partial charge on any atom is 0.286 e. The molecule has 1 heterocycles. The summed E-state index contributed by atoms with van der Waals surface area (Å²) in [5, 5.41) is 0. The zero-order valence-electron chi connectivity index (χ0n) is 11.0. The number of alkyl halides is 2. The van der Waals surface area contributed by atoms with E-state index in [1.54, 1.807) is 6.92 Å². The van der Waals surface area contributed by atoms with Gasteiger partial charge in [0.15, 0.2) is 0 Å². The first-order valence-corrected chi connectivity index (χ1v) is 6.33. The lowest BCUT2D eigenvalue weighted by Gasteiger charge is -2.29. The van der Waals surface area contributed by atoms with E-state index in [0.717, 1.165) is 5.56 Å². The van der Waals surface area contributed by atoms with Gasteiger partial charge in [-0.2, -0.15) is 0 Å². The van der Waals surface area contributed by atoms with E-state index in [0.29, 0.717) is 24.2 Å². The molecule has 0 aromatic carbocycles. The smallest absolute Gasteiger partial charge is 0.286 e. The summed E-state index contributed by atoms with van der Waals surface area (Å²) in [6, 6.07) is 0. The summed E-state index contributed by atoms with van der Waals surface area (Å²) < 4.78 is 26.3. The van der Waals surface area contributed by atoms with Crippen molar-refractivity contribution in [2.45, 2.75) is 51.4 Å². The molecule has 1 fully saturated rings. The van der Waals surface area contributed by atoms with Gasteiger partial charge in [0, 0.05) is 24.5 Å². The lowest BCUT2D eigenvalue weighted by Crippen LogP contribution is -2.26. The number of carbonyl (C=O) groups is 1. The number of aryl methyl sites for hydroxylation is 1. The molecular weight excluding hydrogens is 252 g/mol.